The van der Waals surface area contributed by atoms with Crippen LogP contribution in [0.15, 0.2) is 36.4 Å². The molecule has 2 amide bonds. The lowest BCUT2D eigenvalue weighted by atomic mass is 9.91. The van der Waals surface area contributed by atoms with Crippen molar-refractivity contribution < 1.29 is 42.4 Å². The molecule has 2 aliphatic heterocycles. The van der Waals surface area contributed by atoms with Crippen LogP contribution in [-0.4, -0.2) is 48.6 Å². The molecule has 2 heterocycles. The van der Waals surface area contributed by atoms with Gasteiger partial charge in [-0.1, -0.05) is 6.07 Å². The number of amides is 2. The molecular formula is C26H28F2N2O7. The first-order valence-electron chi connectivity index (χ1n) is 12.0. The smallest absolute Gasteiger partial charge is 0.497 e. The summed E-state index contributed by atoms with van der Waals surface area (Å²) in [5.74, 6) is 0.00702. The molecule has 3 aliphatic rings. The number of carbonyl (C=O) groups excluding carboxylic acids is 2. The van der Waals surface area contributed by atoms with Crippen molar-refractivity contribution in [2.45, 2.75) is 62.6 Å². The maximum absolute atomic E-state index is 13.6. The molecule has 0 saturated heterocycles. The minimum Gasteiger partial charge on any atom is -0.497 e. The molecule has 37 heavy (non-hydrogen) atoms. The summed E-state index contributed by atoms with van der Waals surface area (Å²) in [6, 6.07) is 8.97. The molecule has 1 aliphatic carbocycles. The van der Waals surface area contributed by atoms with Gasteiger partial charge in [0.05, 0.1) is 24.2 Å². The summed E-state index contributed by atoms with van der Waals surface area (Å²) in [5.41, 5.74) is -0.778. The van der Waals surface area contributed by atoms with Crippen LogP contribution in [0.5, 0.6) is 23.0 Å². The Labute approximate surface area is 212 Å². The number of aliphatic hydroxyl groups is 1. The van der Waals surface area contributed by atoms with Crippen LogP contribution in [0.4, 0.5) is 8.78 Å². The average Bonchev–Trinajstić information content (AvgIpc) is 3.58. The van der Waals surface area contributed by atoms with E-state index in [9.17, 15) is 23.5 Å². The molecule has 2 unspecified atom stereocenters. The van der Waals surface area contributed by atoms with Crippen molar-refractivity contribution in [1.29, 1.82) is 0 Å². The number of halogens is 2. The van der Waals surface area contributed by atoms with Gasteiger partial charge in [-0.25, -0.2) is 0 Å². The van der Waals surface area contributed by atoms with Crippen LogP contribution >= 0.6 is 0 Å². The number of nitrogens with one attached hydrogen (secondary N) is 2. The summed E-state index contributed by atoms with van der Waals surface area (Å²) in [5, 5.41) is 15.7. The lowest BCUT2D eigenvalue weighted by Crippen LogP contribution is -2.48. The number of benzene rings is 2. The van der Waals surface area contributed by atoms with Gasteiger partial charge < -0.3 is 34.7 Å². The highest BCUT2D eigenvalue weighted by Crippen LogP contribution is 2.52. The van der Waals surface area contributed by atoms with E-state index in [0.717, 1.165) is 0 Å². The maximum atomic E-state index is 13.6. The molecule has 0 spiro atoms. The fourth-order valence-electron chi connectivity index (χ4n) is 4.60. The number of alkyl halides is 2. The Morgan fingerprint density at radius 3 is 2.51 bits per heavy atom. The highest BCUT2D eigenvalue weighted by Gasteiger charge is 2.53. The zero-order valence-electron chi connectivity index (χ0n) is 20.6. The van der Waals surface area contributed by atoms with Crippen molar-refractivity contribution >= 4 is 11.8 Å². The number of methoxy groups -OCH3 is 1. The van der Waals surface area contributed by atoms with E-state index < -0.39 is 35.4 Å². The number of ether oxygens (including phenoxy) is 4. The van der Waals surface area contributed by atoms with E-state index in [-0.39, 0.29) is 30.4 Å². The molecule has 2 atom stereocenters. The molecule has 2 aromatic carbocycles. The van der Waals surface area contributed by atoms with Gasteiger partial charge >= 0.3 is 6.29 Å². The standard InChI is InChI=1S/C26H28F2N2O7/c1-24(2,33)13-29-22(31)21-12-17(16-6-5-15(34-3)11-19(16)35-21)30-23(32)25(8-9-25)14-4-7-18-20(10-14)37-26(27,28)36-18/h4-7,10-11,17,21,33H,8-9,12-13H2,1-3H3,(H,29,31)(H,30,32). The van der Waals surface area contributed by atoms with E-state index in [0.29, 0.717) is 35.5 Å². The molecular weight excluding hydrogens is 490 g/mol. The van der Waals surface area contributed by atoms with E-state index in [1.807, 2.05) is 0 Å². The van der Waals surface area contributed by atoms with Crippen molar-refractivity contribution in [3.63, 3.8) is 0 Å². The van der Waals surface area contributed by atoms with Gasteiger partial charge in [-0.2, -0.15) is 0 Å². The van der Waals surface area contributed by atoms with Crippen LogP contribution in [0.1, 0.15) is 50.3 Å². The second-order valence-corrected chi connectivity index (χ2v) is 10.2. The van der Waals surface area contributed by atoms with Gasteiger partial charge in [0.25, 0.3) is 5.91 Å². The van der Waals surface area contributed by atoms with Crippen molar-refractivity contribution in [1.82, 2.24) is 10.6 Å². The lowest BCUT2D eigenvalue weighted by molar-refractivity contribution is -0.286. The molecule has 0 bridgehead atoms. The van der Waals surface area contributed by atoms with Gasteiger partial charge in [-0.15, -0.1) is 8.78 Å². The average molecular weight is 519 g/mol. The van der Waals surface area contributed by atoms with E-state index >= 15 is 0 Å². The second kappa shape index (κ2) is 8.76. The van der Waals surface area contributed by atoms with Crippen LogP contribution in [0, 0.1) is 0 Å². The largest absolute Gasteiger partial charge is 0.586 e. The molecule has 9 nitrogen and oxygen atoms in total. The number of carbonyl (C=O) groups is 2. The number of rotatable bonds is 7. The van der Waals surface area contributed by atoms with Crippen LogP contribution in [0.25, 0.3) is 0 Å². The quantitative estimate of drug-likeness (QED) is 0.516. The molecule has 5 rings (SSSR count). The summed E-state index contributed by atoms with van der Waals surface area (Å²) in [6.45, 7) is 3.18. The van der Waals surface area contributed by atoms with Crippen LogP contribution in [-0.2, 0) is 15.0 Å². The molecule has 198 valence electrons. The molecule has 0 aromatic heterocycles. The van der Waals surface area contributed by atoms with Crippen LogP contribution < -0.4 is 29.6 Å². The fraction of sp³-hybridized carbons (Fsp3) is 0.462. The molecule has 0 radical (unpaired) electrons. The highest BCUT2D eigenvalue weighted by molar-refractivity contribution is 5.92. The van der Waals surface area contributed by atoms with Gasteiger partial charge in [-0.3, -0.25) is 9.59 Å². The van der Waals surface area contributed by atoms with Crippen molar-refractivity contribution in [2.75, 3.05) is 13.7 Å². The SMILES string of the molecule is COc1ccc2c(c1)OC(C(=O)NCC(C)(C)O)CC2NC(=O)C1(c2ccc3c(c2)OC(F)(F)O3)CC1. The minimum absolute atomic E-state index is 0.0277. The van der Waals surface area contributed by atoms with Gasteiger partial charge in [0.2, 0.25) is 5.91 Å². The number of hydrogen-bond donors (Lipinski definition) is 3. The topological polar surface area (TPSA) is 115 Å². The second-order valence-electron chi connectivity index (χ2n) is 10.2. The summed E-state index contributed by atoms with van der Waals surface area (Å²) in [7, 11) is 1.51. The Balaban J connectivity index is 1.37. The molecule has 3 N–H and O–H groups in total. The Hall–Kier alpha value is -3.60. The first-order valence-corrected chi connectivity index (χ1v) is 12.0. The van der Waals surface area contributed by atoms with Crippen molar-refractivity contribution in [3.05, 3.63) is 47.5 Å². The van der Waals surface area contributed by atoms with Gasteiger partial charge in [-0.05, 0) is 56.5 Å². The summed E-state index contributed by atoms with van der Waals surface area (Å²) >= 11 is 0. The Bertz CT molecular complexity index is 1240. The molecule has 1 fully saturated rings. The first-order chi connectivity index (χ1) is 17.4. The third-order valence-corrected chi connectivity index (χ3v) is 6.75. The van der Waals surface area contributed by atoms with E-state index in [1.165, 1.54) is 19.2 Å². The Kier molecular flexibility index (Phi) is 5.93. The minimum atomic E-state index is -3.74. The van der Waals surface area contributed by atoms with Crippen molar-refractivity contribution in [2.24, 2.45) is 0 Å². The summed E-state index contributed by atoms with van der Waals surface area (Å²) < 4.78 is 47.2. The van der Waals surface area contributed by atoms with Gasteiger partial charge in [0.15, 0.2) is 17.6 Å². The van der Waals surface area contributed by atoms with E-state index in [2.05, 4.69) is 20.1 Å². The number of fused-ring (bicyclic) bond motifs is 2. The summed E-state index contributed by atoms with van der Waals surface area (Å²) in [6.07, 6.45) is -3.44. The molecule has 2 aromatic rings. The van der Waals surface area contributed by atoms with Crippen LogP contribution in [0.3, 0.4) is 0 Å². The molecule has 1 saturated carbocycles. The summed E-state index contributed by atoms with van der Waals surface area (Å²) in [4.78, 5) is 26.4. The van der Waals surface area contributed by atoms with Gasteiger partial charge in [0.1, 0.15) is 11.5 Å². The first kappa shape index (κ1) is 25.1. The predicted octanol–water partition coefficient (Wildman–Crippen LogP) is 2.94. The Morgan fingerprint density at radius 1 is 1.11 bits per heavy atom. The predicted molar refractivity (Wildman–Crippen MR) is 126 cm³/mol. The third-order valence-electron chi connectivity index (χ3n) is 6.75. The highest BCUT2D eigenvalue weighted by atomic mass is 19.3. The van der Waals surface area contributed by atoms with Crippen molar-refractivity contribution in [3.8, 4) is 23.0 Å². The van der Waals surface area contributed by atoms with Crippen LogP contribution in [0.2, 0.25) is 0 Å². The molecule has 11 heteroatoms. The van der Waals surface area contributed by atoms with E-state index in [1.54, 1.807) is 38.1 Å². The Morgan fingerprint density at radius 2 is 1.84 bits per heavy atom. The zero-order chi connectivity index (χ0) is 26.6. The fourth-order valence-corrected chi connectivity index (χ4v) is 4.60. The zero-order valence-corrected chi connectivity index (χ0v) is 20.6. The van der Waals surface area contributed by atoms with E-state index in [4.69, 9.17) is 9.47 Å². The maximum Gasteiger partial charge on any atom is 0.586 e. The monoisotopic (exact) mass is 518 g/mol. The number of hydrogen-bond acceptors (Lipinski definition) is 7. The third kappa shape index (κ3) is 5.00. The lowest BCUT2D eigenvalue weighted by Gasteiger charge is -2.33. The normalized spacial score (nSPS) is 22.3. The van der Waals surface area contributed by atoms with Gasteiger partial charge in [0, 0.05) is 24.6 Å².